The van der Waals surface area contributed by atoms with E-state index in [0.717, 1.165) is 0 Å². The average Bonchev–Trinajstić information content (AvgIpc) is 3.02. The van der Waals surface area contributed by atoms with Crippen LogP contribution in [0.5, 0.6) is 11.5 Å². The highest BCUT2D eigenvalue weighted by Crippen LogP contribution is 2.38. The first kappa shape index (κ1) is 16.8. The third-order valence-electron chi connectivity index (χ3n) is 2.88. The van der Waals surface area contributed by atoms with E-state index in [9.17, 15) is 4.79 Å². The largest absolute Gasteiger partial charge is 0.493 e. The number of aromatic nitrogens is 3. The number of benzene rings is 1. The van der Waals surface area contributed by atoms with Crippen LogP contribution >= 0.6 is 11.6 Å². The van der Waals surface area contributed by atoms with Crippen LogP contribution in [0.25, 0.3) is 11.3 Å². The third-order valence-corrected chi connectivity index (χ3v) is 3.19. The molecule has 23 heavy (non-hydrogen) atoms. The maximum absolute atomic E-state index is 11.9. The van der Waals surface area contributed by atoms with Crippen molar-refractivity contribution in [3.8, 4) is 22.8 Å². The molecule has 0 bridgehead atoms. The van der Waals surface area contributed by atoms with Crippen LogP contribution in [0.15, 0.2) is 24.8 Å². The lowest BCUT2D eigenvalue weighted by atomic mass is 10.1. The molecule has 1 heterocycles. The van der Waals surface area contributed by atoms with Gasteiger partial charge in [-0.1, -0.05) is 24.3 Å². The summed E-state index contributed by atoms with van der Waals surface area (Å²) in [6.45, 7) is 5.84. The molecule has 1 aromatic heterocycles. The predicted octanol–water partition coefficient (Wildman–Crippen LogP) is 2.88. The van der Waals surface area contributed by atoms with Gasteiger partial charge in [0.05, 0.1) is 18.7 Å². The topological polar surface area (TPSA) is 86.3 Å². The van der Waals surface area contributed by atoms with Crippen molar-refractivity contribution in [2.75, 3.05) is 20.3 Å². The molecule has 2 aromatic rings. The van der Waals surface area contributed by atoms with Crippen molar-refractivity contribution in [3.63, 3.8) is 0 Å². The number of halogens is 1. The van der Waals surface area contributed by atoms with Crippen LogP contribution in [0.2, 0.25) is 5.02 Å². The number of hydrogen-bond donors (Lipinski definition) is 1. The first-order valence-corrected chi connectivity index (χ1v) is 7.19. The molecular formula is C15H16ClN3O4. The molecule has 1 N–H and O–H groups in total. The van der Waals surface area contributed by atoms with Crippen LogP contribution in [-0.2, 0) is 4.74 Å². The summed E-state index contributed by atoms with van der Waals surface area (Å²) in [6, 6.07) is 3.21. The average molecular weight is 338 g/mol. The lowest BCUT2D eigenvalue weighted by Crippen LogP contribution is -2.07. The maximum Gasteiger partial charge on any atom is 0.361 e. The lowest BCUT2D eigenvalue weighted by Gasteiger charge is -2.12. The fraction of sp³-hybridized carbons (Fsp3) is 0.267. The molecule has 0 unspecified atom stereocenters. The second kappa shape index (κ2) is 7.64. The number of nitrogens with zero attached hydrogens (tertiary/aromatic N) is 2. The van der Waals surface area contributed by atoms with Crippen LogP contribution in [0, 0.1) is 0 Å². The molecule has 0 atom stereocenters. The first-order valence-electron chi connectivity index (χ1n) is 6.81. The van der Waals surface area contributed by atoms with Crippen molar-refractivity contribution >= 4 is 17.6 Å². The van der Waals surface area contributed by atoms with Gasteiger partial charge in [0.1, 0.15) is 12.3 Å². The molecular weight excluding hydrogens is 322 g/mol. The molecule has 8 heteroatoms. The van der Waals surface area contributed by atoms with Crippen molar-refractivity contribution < 1.29 is 19.0 Å². The normalized spacial score (nSPS) is 10.2. The van der Waals surface area contributed by atoms with Crippen LogP contribution in [0.1, 0.15) is 17.4 Å². The Balaban J connectivity index is 2.46. The fourth-order valence-corrected chi connectivity index (χ4v) is 2.14. The Morgan fingerprint density at radius 1 is 1.39 bits per heavy atom. The zero-order valence-electron chi connectivity index (χ0n) is 12.8. The van der Waals surface area contributed by atoms with Gasteiger partial charge in [-0.05, 0) is 13.0 Å². The number of esters is 1. The van der Waals surface area contributed by atoms with Crippen molar-refractivity contribution in [1.29, 1.82) is 0 Å². The van der Waals surface area contributed by atoms with Crippen LogP contribution in [0.4, 0.5) is 0 Å². The highest BCUT2D eigenvalue weighted by Gasteiger charge is 2.22. The van der Waals surface area contributed by atoms with Gasteiger partial charge in [-0.15, -0.1) is 5.10 Å². The highest BCUT2D eigenvalue weighted by molar-refractivity contribution is 6.33. The van der Waals surface area contributed by atoms with E-state index in [1.807, 2.05) is 0 Å². The Morgan fingerprint density at radius 2 is 2.17 bits per heavy atom. The number of rotatable bonds is 7. The molecule has 0 amide bonds. The summed E-state index contributed by atoms with van der Waals surface area (Å²) >= 11 is 6.29. The maximum atomic E-state index is 11.9. The van der Waals surface area contributed by atoms with Gasteiger partial charge in [-0.25, -0.2) is 4.79 Å². The van der Waals surface area contributed by atoms with Gasteiger partial charge in [-0.2, -0.15) is 10.3 Å². The third kappa shape index (κ3) is 3.62. The molecule has 2 rings (SSSR count). The fourth-order valence-electron chi connectivity index (χ4n) is 1.90. The van der Waals surface area contributed by atoms with E-state index in [-0.39, 0.29) is 18.0 Å². The first-order chi connectivity index (χ1) is 11.1. The minimum Gasteiger partial charge on any atom is -0.493 e. The van der Waals surface area contributed by atoms with Crippen molar-refractivity contribution in [3.05, 3.63) is 35.5 Å². The highest BCUT2D eigenvalue weighted by atomic mass is 35.5. The van der Waals surface area contributed by atoms with Gasteiger partial charge in [0.15, 0.2) is 17.2 Å². The summed E-state index contributed by atoms with van der Waals surface area (Å²) in [7, 11) is 1.50. The minimum atomic E-state index is -0.585. The number of aromatic amines is 1. The standard InChI is InChI=1S/C15H16ClN3O4/c1-4-6-23-12-8-10(16)9(7-11(12)21-3)13-14(18-19-17-13)15(20)22-5-2/h4,7-8H,1,5-6H2,2-3H3,(H,17,18,19). The Bertz CT molecular complexity index is 715. The summed E-state index contributed by atoms with van der Waals surface area (Å²) in [5, 5.41) is 10.6. The van der Waals surface area contributed by atoms with Crippen molar-refractivity contribution in [1.82, 2.24) is 15.4 Å². The number of methoxy groups -OCH3 is 1. The van der Waals surface area contributed by atoms with Gasteiger partial charge in [0.2, 0.25) is 0 Å². The van der Waals surface area contributed by atoms with E-state index in [4.69, 9.17) is 25.8 Å². The number of ether oxygens (including phenoxy) is 3. The Labute approximate surface area is 138 Å². The Morgan fingerprint density at radius 3 is 2.83 bits per heavy atom. The molecule has 0 aliphatic rings. The van der Waals surface area contributed by atoms with Gasteiger partial charge in [-0.3, -0.25) is 0 Å². The molecule has 7 nitrogen and oxygen atoms in total. The van der Waals surface area contributed by atoms with E-state index < -0.39 is 5.97 Å². The molecule has 0 aliphatic heterocycles. The number of nitrogens with one attached hydrogen (secondary N) is 1. The molecule has 0 saturated heterocycles. The van der Waals surface area contributed by atoms with Crippen LogP contribution in [0.3, 0.4) is 0 Å². The summed E-state index contributed by atoms with van der Waals surface area (Å²) in [6.07, 6.45) is 1.61. The van der Waals surface area contributed by atoms with Crippen molar-refractivity contribution in [2.24, 2.45) is 0 Å². The summed E-state index contributed by atoms with van der Waals surface area (Å²) in [4.78, 5) is 11.9. The molecule has 122 valence electrons. The van der Waals surface area contributed by atoms with E-state index in [1.54, 1.807) is 25.1 Å². The summed E-state index contributed by atoms with van der Waals surface area (Å²) in [5.74, 6) is 0.324. The second-order valence-corrected chi connectivity index (χ2v) is 4.73. The molecule has 1 aromatic carbocycles. The van der Waals surface area contributed by atoms with Crippen LogP contribution < -0.4 is 9.47 Å². The van der Waals surface area contributed by atoms with E-state index >= 15 is 0 Å². The van der Waals surface area contributed by atoms with Crippen LogP contribution in [-0.4, -0.2) is 41.7 Å². The smallest absolute Gasteiger partial charge is 0.361 e. The summed E-state index contributed by atoms with van der Waals surface area (Å²) in [5.41, 5.74) is 0.809. The molecule has 0 spiro atoms. The second-order valence-electron chi connectivity index (χ2n) is 4.32. The van der Waals surface area contributed by atoms with E-state index in [2.05, 4.69) is 22.0 Å². The van der Waals surface area contributed by atoms with E-state index in [1.165, 1.54) is 7.11 Å². The number of carbonyl (C=O) groups excluding carboxylic acids is 1. The monoisotopic (exact) mass is 337 g/mol. The Kier molecular flexibility index (Phi) is 5.59. The van der Waals surface area contributed by atoms with Gasteiger partial charge in [0.25, 0.3) is 0 Å². The number of carbonyl (C=O) groups is 1. The van der Waals surface area contributed by atoms with Crippen molar-refractivity contribution in [2.45, 2.75) is 6.92 Å². The molecule has 0 saturated carbocycles. The lowest BCUT2D eigenvalue weighted by molar-refractivity contribution is 0.0520. The molecule has 0 aliphatic carbocycles. The minimum absolute atomic E-state index is 0.0514. The zero-order valence-corrected chi connectivity index (χ0v) is 13.5. The van der Waals surface area contributed by atoms with Gasteiger partial charge in [0, 0.05) is 11.6 Å². The number of hydrogen-bond acceptors (Lipinski definition) is 6. The van der Waals surface area contributed by atoms with Gasteiger partial charge >= 0.3 is 5.97 Å². The Hall–Kier alpha value is -2.54. The zero-order chi connectivity index (χ0) is 16.8. The predicted molar refractivity (Wildman–Crippen MR) is 85.0 cm³/mol. The SMILES string of the molecule is C=CCOc1cc(Cl)c(-c2n[nH]nc2C(=O)OCC)cc1OC. The van der Waals surface area contributed by atoms with Gasteiger partial charge < -0.3 is 14.2 Å². The molecule has 0 radical (unpaired) electrons. The number of H-pyrrole nitrogens is 1. The molecule has 0 fully saturated rings. The summed E-state index contributed by atoms with van der Waals surface area (Å²) < 4.78 is 15.7. The quantitative estimate of drug-likeness (QED) is 0.617. The van der Waals surface area contributed by atoms with E-state index in [0.29, 0.717) is 28.7 Å².